The number of thiocarbonyl (C=S) groups is 1. The summed E-state index contributed by atoms with van der Waals surface area (Å²) >= 11 is 11.4. The number of carbonyl (C=O) groups excluding carboxylic acids is 2. The molecule has 2 aromatic carbocycles. The van der Waals surface area contributed by atoms with E-state index in [1.165, 1.54) is 6.21 Å². The minimum Gasteiger partial charge on any atom is -0.490 e. The summed E-state index contributed by atoms with van der Waals surface area (Å²) in [4.78, 5) is 25.1. The SMILES string of the molecule is CCOC(=O)C1=C(C)NC(=S)N[C@@H]1c1ccccc1OCC(=O)NN=Cc1cc(Cl)ccc1OC(C)C. The molecule has 1 atom stereocenters. The summed E-state index contributed by atoms with van der Waals surface area (Å²) in [5, 5.41) is 10.9. The number of amides is 1. The molecule has 3 N–H and O–H groups in total. The molecule has 3 rings (SSSR count). The number of para-hydroxylation sites is 1. The van der Waals surface area contributed by atoms with E-state index >= 15 is 0 Å². The molecular formula is C26H29ClN4O5S. The van der Waals surface area contributed by atoms with Gasteiger partial charge in [0.05, 0.1) is 30.5 Å². The van der Waals surface area contributed by atoms with E-state index in [9.17, 15) is 9.59 Å². The molecule has 1 heterocycles. The van der Waals surface area contributed by atoms with Crippen LogP contribution in [0.15, 0.2) is 58.8 Å². The highest BCUT2D eigenvalue weighted by molar-refractivity contribution is 7.80. The Morgan fingerprint density at radius 2 is 1.97 bits per heavy atom. The number of halogens is 1. The van der Waals surface area contributed by atoms with Crippen molar-refractivity contribution in [1.82, 2.24) is 16.1 Å². The van der Waals surface area contributed by atoms with Crippen LogP contribution >= 0.6 is 23.8 Å². The Balaban J connectivity index is 1.71. The van der Waals surface area contributed by atoms with Crippen LogP contribution in [-0.4, -0.2) is 42.5 Å². The molecule has 0 fully saturated rings. The minimum absolute atomic E-state index is 0.0387. The summed E-state index contributed by atoms with van der Waals surface area (Å²) in [7, 11) is 0. The highest BCUT2D eigenvalue weighted by Crippen LogP contribution is 2.33. The number of hydrazone groups is 1. The van der Waals surface area contributed by atoms with Crippen molar-refractivity contribution >= 4 is 47.0 Å². The maximum absolute atomic E-state index is 12.7. The normalized spacial score (nSPS) is 15.3. The molecule has 0 spiro atoms. The molecule has 2 aromatic rings. The first-order valence-electron chi connectivity index (χ1n) is 11.6. The molecule has 1 amide bonds. The lowest BCUT2D eigenvalue weighted by Crippen LogP contribution is -2.45. The number of ether oxygens (including phenoxy) is 3. The number of esters is 1. The van der Waals surface area contributed by atoms with Crippen LogP contribution in [0.25, 0.3) is 0 Å². The number of rotatable bonds is 10. The van der Waals surface area contributed by atoms with Crippen LogP contribution in [0, 0.1) is 0 Å². The number of hydrogen-bond donors (Lipinski definition) is 3. The Labute approximate surface area is 226 Å². The lowest BCUT2D eigenvalue weighted by atomic mass is 9.95. The molecule has 1 aliphatic heterocycles. The van der Waals surface area contributed by atoms with Gasteiger partial charge in [-0.3, -0.25) is 4.79 Å². The predicted octanol–water partition coefficient (Wildman–Crippen LogP) is 4.01. The van der Waals surface area contributed by atoms with Crippen LogP contribution in [-0.2, 0) is 14.3 Å². The van der Waals surface area contributed by atoms with Crippen LogP contribution in [0.1, 0.15) is 44.9 Å². The first-order valence-corrected chi connectivity index (χ1v) is 12.4. The molecule has 37 heavy (non-hydrogen) atoms. The highest BCUT2D eigenvalue weighted by atomic mass is 35.5. The third-order valence-corrected chi connectivity index (χ3v) is 5.54. The van der Waals surface area contributed by atoms with Gasteiger partial charge in [-0.15, -0.1) is 0 Å². The Kier molecular flexibility index (Phi) is 9.87. The Hall–Kier alpha value is -3.63. The molecule has 11 heteroatoms. The first-order chi connectivity index (χ1) is 17.7. The summed E-state index contributed by atoms with van der Waals surface area (Å²) in [5.41, 5.74) is 4.64. The van der Waals surface area contributed by atoms with Crippen molar-refractivity contribution in [3.8, 4) is 11.5 Å². The van der Waals surface area contributed by atoms with Crippen LogP contribution in [0.3, 0.4) is 0 Å². The summed E-state index contributed by atoms with van der Waals surface area (Å²) in [5.74, 6) is 0.0401. The topological polar surface area (TPSA) is 110 Å². The summed E-state index contributed by atoms with van der Waals surface area (Å²) in [6.07, 6.45) is 1.41. The second kappa shape index (κ2) is 13.1. The van der Waals surface area contributed by atoms with Gasteiger partial charge >= 0.3 is 5.97 Å². The number of allylic oxidation sites excluding steroid dienone is 1. The van der Waals surface area contributed by atoms with E-state index in [4.69, 9.17) is 38.0 Å². The van der Waals surface area contributed by atoms with Gasteiger partial charge in [-0.2, -0.15) is 5.10 Å². The molecule has 1 aliphatic rings. The molecule has 0 unspecified atom stereocenters. The molecule has 0 aromatic heterocycles. The van der Waals surface area contributed by atoms with Gasteiger partial charge in [0.2, 0.25) is 0 Å². The Bertz CT molecular complexity index is 1230. The van der Waals surface area contributed by atoms with E-state index in [1.54, 1.807) is 56.3 Å². The standard InChI is InChI=1S/C26H29ClN4O5S/c1-5-34-25(33)23-16(4)29-26(37)30-24(23)19-8-6-7-9-21(19)35-14-22(32)31-28-13-17-12-18(27)10-11-20(17)36-15(2)3/h6-13,15,24H,5,14H2,1-4H3,(H,31,32)(H2,29,30,37)/t24-/m1/s1. The van der Waals surface area contributed by atoms with Gasteiger partial charge in [0.15, 0.2) is 11.7 Å². The lowest BCUT2D eigenvalue weighted by Gasteiger charge is -2.30. The zero-order chi connectivity index (χ0) is 26.9. The molecule has 0 saturated heterocycles. The molecule has 0 aliphatic carbocycles. The van der Waals surface area contributed by atoms with E-state index in [-0.39, 0.29) is 19.3 Å². The van der Waals surface area contributed by atoms with Gasteiger partial charge in [-0.05, 0) is 64.2 Å². The summed E-state index contributed by atoms with van der Waals surface area (Å²) in [6.45, 7) is 7.22. The Morgan fingerprint density at radius 1 is 1.22 bits per heavy atom. The van der Waals surface area contributed by atoms with Gasteiger partial charge in [-0.1, -0.05) is 29.8 Å². The third-order valence-electron chi connectivity index (χ3n) is 5.08. The van der Waals surface area contributed by atoms with Crippen molar-refractivity contribution in [3.63, 3.8) is 0 Å². The van der Waals surface area contributed by atoms with Crippen LogP contribution in [0.2, 0.25) is 5.02 Å². The lowest BCUT2D eigenvalue weighted by molar-refractivity contribution is -0.139. The second-order valence-electron chi connectivity index (χ2n) is 8.26. The van der Waals surface area contributed by atoms with Crippen molar-refractivity contribution in [1.29, 1.82) is 0 Å². The zero-order valence-corrected chi connectivity index (χ0v) is 22.5. The van der Waals surface area contributed by atoms with Gasteiger partial charge in [0, 0.05) is 21.8 Å². The molecule has 0 saturated carbocycles. The molecular weight excluding hydrogens is 516 g/mol. The van der Waals surface area contributed by atoms with E-state index in [1.807, 2.05) is 13.8 Å². The number of nitrogens with one attached hydrogen (secondary N) is 3. The van der Waals surface area contributed by atoms with E-state index in [2.05, 4.69) is 21.2 Å². The second-order valence-corrected chi connectivity index (χ2v) is 9.10. The van der Waals surface area contributed by atoms with Crippen molar-refractivity contribution in [2.45, 2.75) is 39.8 Å². The fraction of sp³-hybridized carbons (Fsp3) is 0.308. The third kappa shape index (κ3) is 7.68. The van der Waals surface area contributed by atoms with Crippen LogP contribution < -0.4 is 25.5 Å². The van der Waals surface area contributed by atoms with E-state index in [0.29, 0.717) is 44.0 Å². The fourth-order valence-corrected chi connectivity index (χ4v) is 4.04. The van der Waals surface area contributed by atoms with Crippen molar-refractivity contribution < 1.29 is 23.8 Å². The fourth-order valence-electron chi connectivity index (χ4n) is 3.59. The number of carbonyl (C=O) groups is 2. The van der Waals surface area contributed by atoms with Crippen molar-refractivity contribution in [3.05, 3.63) is 69.9 Å². The average Bonchev–Trinajstić information content (AvgIpc) is 2.84. The molecule has 9 nitrogen and oxygen atoms in total. The quantitative estimate of drug-likeness (QED) is 0.178. The minimum atomic E-state index is -0.618. The maximum atomic E-state index is 12.7. The molecule has 0 radical (unpaired) electrons. The summed E-state index contributed by atoms with van der Waals surface area (Å²) in [6, 6.07) is 11.6. The molecule has 0 bridgehead atoms. The first kappa shape index (κ1) is 27.9. The van der Waals surface area contributed by atoms with E-state index in [0.717, 1.165) is 0 Å². The average molecular weight is 545 g/mol. The van der Waals surface area contributed by atoms with Gasteiger partial charge in [0.25, 0.3) is 5.91 Å². The van der Waals surface area contributed by atoms with Crippen LogP contribution in [0.4, 0.5) is 0 Å². The van der Waals surface area contributed by atoms with Crippen molar-refractivity contribution in [2.24, 2.45) is 5.10 Å². The molecule has 196 valence electrons. The van der Waals surface area contributed by atoms with Gasteiger partial charge in [0.1, 0.15) is 11.5 Å². The van der Waals surface area contributed by atoms with E-state index < -0.39 is 17.9 Å². The highest BCUT2D eigenvalue weighted by Gasteiger charge is 2.32. The Morgan fingerprint density at radius 3 is 2.70 bits per heavy atom. The largest absolute Gasteiger partial charge is 0.490 e. The van der Waals surface area contributed by atoms with Gasteiger partial charge in [-0.25, -0.2) is 10.2 Å². The number of hydrogen-bond acceptors (Lipinski definition) is 7. The summed E-state index contributed by atoms with van der Waals surface area (Å²) < 4.78 is 16.8. The number of nitrogens with zero attached hydrogens (tertiary/aromatic N) is 1. The zero-order valence-electron chi connectivity index (χ0n) is 21.0. The van der Waals surface area contributed by atoms with Crippen LogP contribution in [0.5, 0.6) is 11.5 Å². The smallest absolute Gasteiger partial charge is 0.338 e. The number of benzene rings is 2. The van der Waals surface area contributed by atoms with Gasteiger partial charge < -0.3 is 24.8 Å². The monoisotopic (exact) mass is 544 g/mol. The van der Waals surface area contributed by atoms with Crippen molar-refractivity contribution in [2.75, 3.05) is 13.2 Å². The maximum Gasteiger partial charge on any atom is 0.338 e. The predicted molar refractivity (Wildman–Crippen MR) is 146 cm³/mol.